The normalized spacial score (nSPS) is 27.8. The van der Waals surface area contributed by atoms with E-state index in [1.807, 2.05) is 24.0 Å². The smallest absolute Gasteiger partial charge is 0.145 e. The summed E-state index contributed by atoms with van der Waals surface area (Å²) < 4.78 is 0. The number of aryl methyl sites for hydroxylation is 1. The van der Waals surface area contributed by atoms with Crippen LogP contribution in [0.5, 0.6) is 0 Å². The number of rotatable bonds is 2. The number of carbonyl (C=O) groups is 1. The lowest BCUT2D eigenvalue weighted by Gasteiger charge is -2.25. The molecule has 3 heteroatoms. The summed E-state index contributed by atoms with van der Waals surface area (Å²) in [6.07, 6.45) is 6.13. The molecule has 17 heavy (non-hydrogen) atoms. The van der Waals surface area contributed by atoms with E-state index in [2.05, 4.69) is 11.1 Å². The Labute approximate surface area is 106 Å². The maximum atomic E-state index is 12.5. The number of pyridine rings is 1. The third-order valence-electron chi connectivity index (χ3n) is 3.87. The third kappa shape index (κ3) is 2.13. The van der Waals surface area contributed by atoms with Gasteiger partial charge in [-0.1, -0.05) is 6.07 Å². The van der Waals surface area contributed by atoms with Crippen molar-refractivity contribution in [1.29, 1.82) is 0 Å². The zero-order valence-electron chi connectivity index (χ0n) is 9.89. The second-order valence-electron chi connectivity index (χ2n) is 4.96. The molecule has 0 aromatic carbocycles. The molecule has 2 atom stereocenters. The predicted octanol–water partition coefficient (Wildman–Crippen LogP) is 2.82. The number of carbonyl (C=O) groups excluding carboxylic acids is 1. The lowest BCUT2D eigenvalue weighted by Crippen LogP contribution is -2.26. The van der Waals surface area contributed by atoms with Crippen molar-refractivity contribution >= 4 is 17.5 Å². The summed E-state index contributed by atoms with van der Waals surface area (Å²) in [6, 6.07) is 4.11. The first-order valence-corrected chi connectivity index (χ1v) is 7.57. The number of aromatic nitrogens is 1. The first-order valence-electron chi connectivity index (χ1n) is 6.41. The molecule has 0 spiro atoms. The van der Waals surface area contributed by atoms with Crippen LogP contribution in [0.25, 0.3) is 0 Å². The molecule has 0 amide bonds. The molecule has 0 saturated carbocycles. The Morgan fingerprint density at radius 3 is 3.18 bits per heavy atom. The minimum absolute atomic E-state index is 0.0867. The molecule has 1 fully saturated rings. The fourth-order valence-corrected chi connectivity index (χ4v) is 4.16. The number of nitrogens with zero attached hydrogens (tertiary/aromatic N) is 1. The van der Waals surface area contributed by atoms with Crippen LogP contribution in [0.15, 0.2) is 18.3 Å². The van der Waals surface area contributed by atoms with E-state index < -0.39 is 0 Å². The van der Waals surface area contributed by atoms with Gasteiger partial charge >= 0.3 is 0 Å². The topological polar surface area (TPSA) is 30.0 Å². The molecule has 1 aliphatic carbocycles. The van der Waals surface area contributed by atoms with Gasteiger partial charge in [-0.25, -0.2) is 0 Å². The monoisotopic (exact) mass is 247 g/mol. The summed E-state index contributed by atoms with van der Waals surface area (Å²) in [5.74, 6) is 3.01. The SMILES string of the molecule is O=C(C1CCSC1)C1CCCc2cccnc21. The summed E-state index contributed by atoms with van der Waals surface area (Å²) in [5.41, 5.74) is 2.36. The van der Waals surface area contributed by atoms with E-state index in [0.717, 1.165) is 42.9 Å². The fraction of sp³-hybridized carbons (Fsp3) is 0.571. The van der Waals surface area contributed by atoms with Crippen molar-refractivity contribution in [2.24, 2.45) is 5.92 Å². The predicted molar refractivity (Wildman–Crippen MR) is 70.4 cm³/mol. The van der Waals surface area contributed by atoms with E-state index in [1.165, 1.54) is 5.56 Å². The third-order valence-corrected chi connectivity index (χ3v) is 5.03. The highest BCUT2D eigenvalue weighted by molar-refractivity contribution is 7.99. The van der Waals surface area contributed by atoms with E-state index in [9.17, 15) is 4.79 Å². The van der Waals surface area contributed by atoms with Crippen LogP contribution in [-0.4, -0.2) is 22.3 Å². The second-order valence-corrected chi connectivity index (χ2v) is 6.11. The van der Waals surface area contributed by atoms with E-state index in [1.54, 1.807) is 0 Å². The standard InChI is InChI=1S/C14H17NOS/c16-14(11-6-8-17-9-11)12-5-1-3-10-4-2-7-15-13(10)12/h2,4,7,11-12H,1,3,5-6,8-9H2. The maximum Gasteiger partial charge on any atom is 0.145 e. The molecule has 1 aromatic heterocycles. The minimum Gasteiger partial charge on any atom is -0.299 e. The van der Waals surface area contributed by atoms with Crippen molar-refractivity contribution < 1.29 is 4.79 Å². The van der Waals surface area contributed by atoms with Crippen molar-refractivity contribution in [3.8, 4) is 0 Å². The number of thioether (sulfide) groups is 1. The van der Waals surface area contributed by atoms with Crippen molar-refractivity contribution in [3.05, 3.63) is 29.6 Å². The molecular weight excluding hydrogens is 230 g/mol. The van der Waals surface area contributed by atoms with E-state index >= 15 is 0 Å². The Kier molecular flexibility index (Phi) is 3.19. The molecule has 1 aliphatic heterocycles. The van der Waals surface area contributed by atoms with Gasteiger partial charge < -0.3 is 0 Å². The van der Waals surface area contributed by atoms with Gasteiger partial charge in [0.05, 0.1) is 11.6 Å². The van der Waals surface area contributed by atoms with Crippen LogP contribution >= 0.6 is 11.8 Å². The van der Waals surface area contributed by atoms with E-state index in [4.69, 9.17) is 0 Å². The molecule has 2 heterocycles. The molecule has 0 bridgehead atoms. The van der Waals surface area contributed by atoms with Gasteiger partial charge in [-0.05, 0) is 43.1 Å². The summed E-state index contributed by atoms with van der Waals surface area (Å²) >= 11 is 1.91. The summed E-state index contributed by atoms with van der Waals surface area (Å²) in [7, 11) is 0. The average molecular weight is 247 g/mol. The number of fused-ring (bicyclic) bond motifs is 1. The van der Waals surface area contributed by atoms with Gasteiger partial charge in [-0.3, -0.25) is 9.78 Å². The molecule has 90 valence electrons. The van der Waals surface area contributed by atoms with Crippen molar-refractivity contribution in [2.75, 3.05) is 11.5 Å². The zero-order chi connectivity index (χ0) is 11.7. The molecule has 3 rings (SSSR count). The van der Waals surface area contributed by atoms with Crippen LogP contribution in [0.3, 0.4) is 0 Å². The largest absolute Gasteiger partial charge is 0.299 e. The molecule has 1 aromatic rings. The number of ketones is 1. The number of Topliss-reactive ketones (excluding diaryl/α,β-unsaturated/α-hetero) is 1. The van der Waals surface area contributed by atoms with Gasteiger partial charge in [-0.15, -0.1) is 0 Å². The van der Waals surface area contributed by atoms with Gasteiger partial charge in [0.15, 0.2) is 0 Å². The number of hydrogen-bond donors (Lipinski definition) is 0. The molecule has 1 saturated heterocycles. The highest BCUT2D eigenvalue weighted by Crippen LogP contribution is 2.35. The molecule has 2 nitrogen and oxygen atoms in total. The number of hydrogen-bond acceptors (Lipinski definition) is 3. The summed E-state index contributed by atoms with van der Waals surface area (Å²) in [6.45, 7) is 0. The highest BCUT2D eigenvalue weighted by atomic mass is 32.2. The molecule has 0 N–H and O–H groups in total. The highest BCUT2D eigenvalue weighted by Gasteiger charge is 2.33. The van der Waals surface area contributed by atoms with Gasteiger partial charge in [-0.2, -0.15) is 11.8 Å². The van der Waals surface area contributed by atoms with E-state index in [0.29, 0.717) is 5.78 Å². The Bertz CT molecular complexity index is 426. The van der Waals surface area contributed by atoms with Gasteiger partial charge in [0, 0.05) is 17.9 Å². The lowest BCUT2D eigenvalue weighted by atomic mass is 9.80. The van der Waals surface area contributed by atoms with Gasteiger partial charge in [0.2, 0.25) is 0 Å². The van der Waals surface area contributed by atoms with Crippen LogP contribution in [0.2, 0.25) is 0 Å². The quantitative estimate of drug-likeness (QED) is 0.805. The molecule has 2 unspecified atom stereocenters. The van der Waals surface area contributed by atoms with Crippen LogP contribution in [0.4, 0.5) is 0 Å². The second kappa shape index (κ2) is 4.81. The molecule has 0 radical (unpaired) electrons. The lowest BCUT2D eigenvalue weighted by molar-refractivity contribution is -0.124. The zero-order valence-corrected chi connectivity index (χ0v) is 10.7. The Hall–Kier alpha value is -0.830. The van der Waals surface area contributed by atoms with Gasteiger partial charge in [0.1, 0.15) is 5.78 Å². The fourth-order valence-electron chi connectivity index (χ4n) is 2.93. The summed E-state index contributed by atoms with van der Waals surface area (Å²) in [4.78, 5) is 17.0. The van der Waals surface area contributed by atoms with E-state index in [-0.39, 0.29) is 11.8 Å². The Balaban J connectivity index is 1.86. The van der Waals surface area contributed by atoms with Crippen LogP contribution in [-0.2, 0) is 11.2 Å². The minimum atomic E-state index is 0.0867. The van der Waals surface area contributed by atoms with Crippen LogP contribution in [0.1, 0.15) is 36.4 Å². The maximum absolute atomic E-state index is 12.5. The summed E-state index contributed by atoms with van der Waals surface area (Å²) in [5, 5.41) is 0. The Morgan fingerprint density at radius 2 is 2.35 bits per heavy atom. The van der Waals surface area contributed by atoms with Crippen molar-refractivity contribution in [1.82, 2.24) is 4.98 Å². The average Bonchev–Trinajstić information content (AvgIpc) is 2.91. The Morgan fingerprint density at radius 1 is 1.41 bits per heavy atom. The van der Waals surface area contributed by atoms with Crippen molar-refractivity contribution in [2.45, 2.75) is 31.6 Å². The first-order chi connectivity index (χ1) is 8.36. The first kappa shape index (κ1) is 11.3. The van der Waals surface area contributed by atoms with Gasteiger partial charge in [0.25, 0.3) is 0 Å². The van der Waals surface area contributed by atoms with Crippen LogP contribution in [0, 0.1) is 5.92 Å². The van der Waals surface area contributed by atoms with Crippen molar-refractivity contribution in [3.63, 3.8) is 0 Å². The van der Waals surface area contributed by atoms with Crippen LogP contribution < -0.4 is 0 Å². The molecule has 2 aliphatic rings. The molecular formula is C14H17NOS.